The number of aromatic nitrogens is 2. The zero-order valence-corrected chi connectivity index (χ0v) is 14.5. The summed E-state index contributed by atoms with van der Waals surface area (Å²) in [6.07, 6.45) is 0. The van der Waals surface area contributed by atoms with E-state index in [1.807, 2.05) is 30.3 Å². The SMILES string of the molecule is Cc1ccc(Br)c(-c2[nH]nc(N)c2-c2cccc(Br)c2)c1. The summed E-state index contributed by atoms with van der Waals surface area (Å²) >= 11 is 7.10. The number of benzene rings is 2. The lowest BCUT2D eigenvalue weighted by molar-refractivity contribution is 1.10. The molecule has 0 bridgehead atoms. The molecule has 0 amide bonds. The van der Waals surface area contributed by atoms with Gasteiger partial charge in [-0.05, 0) is 36.8 Å². The zero-order valence-electron chi connectivity index (χ0n) is 11.3. The quantitative estimate of drug-likeness (QED) is 0.617. The molecule has 0 unspecified atom stereocenters. The number of halogens is 2. The number of anilines is 1. The monoisotopic (exact) mass is 405 g/mol. The van der Waals surface area contributed by atoms with E-state index in [-0.39, 0.29) is 0 Å². The van der Waals surface area contributed by atoms with E-state index in [1.165, 1.54) is 5.56 Å². The standard InChI is InChI=1S/C16H13Br2N3/c1-9-5-6-13(18)12(7-9)15-14(16(19)21-20-15)10-3-2-4-11(17)8-10/h2-8H,1H3,(H3,19,20,21). The molecule has 0 saturated heterocycles. The van der Waals surface area contributed by atoms with Crippen molar-refractivity contribution in [1.29, 1.82) is 0 Å². The normalized spacial score (nSPS) is 10.8. The third kappa shape index (κ3) is 2.76. The van der Waals surface area contributed by atoms with E-state index >= 15 is 0 Å². The maximum absolute atomic E-state index is 6.08. The van der Waals surface area contributed by atoms with Crippen LogP contribution in [-0.4, -0.2) is 10.2 Å². The van der Waals surface area contributed by atoms with Gasteiger partial charge in [-0.3, -0.25) is 5.10 Å². The largest absolute Gasteiger partial charge is 0.382 e. The molecule has 0 saturated carbocycles. The number of nitrogens with one attached hydrogen (secondary N) is 1. The molecular formula is C16H13Br2N3. The van der Waals surface area contributed by atoms with Crippen molar-refractivity contribution in [2.24, 2.45) is 0 Å². The summed E-state index contributed by atoms with van der Waals surface area (Å²) in [7, 11) is 0. The second-order valence-electron chi connectivity index (χ2n) is 4.85. The summed E-state index contributed by atoms with van der Waals surface area (Å²) in [5.41, 5.74) is 11.2. The van der Waals surface area contributed by atoms with E-state index in [2.05, 4.69) is 61.1 Å². The molecule has 5 heteroatoms. The summed E-state index contributed by atoms with van der Waals surface area (Å²) in [4.78, 5) is 0. The van der Waals surface area contributed by atoms with Gasteiger partial charge in [0.2, 0.25) is 0 Å². The van der Waals surface area contributed by atoms with Gasteiger partial charge in [-0.25, -0.2) is 0 Å². The van der Waals surface area contributed by atoms with Crippen LogP contribution < -0.4 is 5.73 Å². The third-order valence-electron chi connectivity index (χ3n) is 3.30. The fourth-order valence-corrected chi connectivity index (χ4v) is 3.16. The van der Waals surface area contributed by atoms with Gasteiger partial charge in [0, 0.05) is 14.5 Å². The summed E-state index contributed by atoms with van der Waals surface area (Å²) in [6.45, 7) is 2.06. The summed E-state index contributed by atoms with van der Waals surface area (Å²) in [5, 5.41) is 7.24. The first-order valence-electron chi connectivity index (χ1n) is 6.42. The van der Waals surface area contributed by atoms with E-state index < -0.39 is 0 Å². The predicted octanol–water partition coefficient (Wildman–Crippen LogP) is 5.16. The molecule has 0 fully saturated rings. The Morgan fingerprint density at radius 1 is 1.10 bits per heavy atom. The minimum atomic E-state index is 0.497. The Balaban J connectivity index is 2.24. The van der Waals surface area contributed by atoms with Crippen molar-refractivity contribution in [1.82, 2.24) is 10.2 Å². The topological polar surface area (TPSA) is 54.7 Å². The molecule has 0 aliphatic heterocycles. The lowest BCUT2D eigenvalue weighted by Crippen LogP contribution is -1.89. The molecule has 0 radical (unpaired) electrons. The molecule has 0 spiro atoms. The third-order valence-corrected chi connectivity index (χ3v) is 4.48. The lowest BCUT2D eigenvalue weighted by atomic mass is 10.00. The Morgan fingerprint density at radius 2 is 1.90 bits per heavy atom. The van der Waals surface area contributed by atoms with Crippen LogP contribution in [0.1, 0.15) is 5.56 Å². The molecule has 0 atom stereocenters. The van der Waals surface area contributed by atoms with Crippen molar-refractivity contribution in [3.63, 3.8) is 0 Å². The van der Waals surface area contributed by atoms with Gasteiger partial charge >= 0.3 is 0 Å². The van der Waals surface area contributed by atoms with Gasteiger partial charge in [0.15, 0.2) is 5.82 Å². The number of rotatable bonds is 2. The van der Waals surface area contributed by atoms with Crippen LogP contribution in [0.15, 0.2) is 51.4 Å². The second kappa shape index (κ2) is 5.66. The second-order valence-corrected chi connectivity index (χ2v) is 6.62. The van der Waals surface area contributed by atoms with E-state index in [1.54, 1.807) is 0 Å². The molecule has 2 aromatic carbocycles. The van der Waals surface area contributed by atoms with Gasteiger partial charge in [0.05, 0.1) is 11.3 Å². The van der Waals surface area contributed by atoms with Gasteiger partial charge in [-0.2, -0.15) is 5.10 Å². The van der Waals surface area contributed by atoms with E-state index in [0.29, 0.717) is 5.82 Å². The van der Waals surface area contributed by atoms with Crippen LogP contribution >= 0.6 is 31.9 Å². The Kier molecular flexibility index (Phi) is 3.87. The van der Waals surface area contributed by atoms with Crippen molar-refractivity contribution in [2.75, 3.05) is 5.73 Å². The Labute approximate surface area is 139 Å². The molecule has 3 aromatic rings. The van der Waals surface area contributed by atoms with Crippen LogP contribution in [0.2, 0.25) is 0 Å². The smallest absolute Gasteiger partial charge is 0.153 e. The molecule has 21 heavy (non-hydrogen) atoms. The minimum Gasteiger partial charge on any atom is -0.382 e. The first-order chi connectivity index (χ1) is 10.1. The number of hydrogen-bond acceptors (Lipinski definition) is 2. The van der Waals surface area contributed by atoms with Gasteiger partial charge < -0.3 is 5.73 Å². The van der Waals surface area contributed by atoms with Crippen molar-refractivity contribution >= 4 is 37.7 Å². The number of nitrogens with zero attached hydrogens (tertiary/aromatic N) is 1. The summed E-state index contributed by atoms with van der Waals surface area (Å²) in [6, 6.07) is 14.2. The summed E-state index contributed by atoms with van der Waals surface area (Å²) in [5.74, 6) is 0.497. The number of aromatic amines is 1. The summed E-state index contributed by atoms with van der Waals surface area (Å²) < 4.78 is 2.02. The van der Waals surface area contributed by atoms with Crippen LogP contribution in [0, 0.1) is 6.92 Å². The first-order valence-corrected chi connectivity index (χ1v) is 8.01. The minimum absolute atomic E-state index is 0.497. The van der Waals surface area contributed by atoms with E-state index in [4.69, 9.17) is 5.73 Å². The van der Waals surface area contributed by atoms with Crippen molar-refractivity contribution in [3.05, 3.63) is 57.0 Å². The van der Waals surface area contributed by atoms with Crippen LogP contribution in [0.3, 0.4) is 0 Å². The van der Waals surface area contributed by atoms with Crippen molar-refractivity contribution < 1.29 is 0 Å². The molecule has 1 heterocycles. The molecule has 0 aliphatic rings. The Bertz CT molecular complexity index is 809. The van der Waals surface area contributed by atoms with Gasteiger partial charge in [0.1, 0.15) is 0 Å². The number of aryl methyl sites for hydroxylation is 1. The predicted molar refractivity (Wildman–Crippen MR) is 94.0 cm³/mol. The Hall–Kier alpha value is -1.59. The van der Waals surface area contributed by atoms with Crippen molar-refractivity contribution in [3.8, 4) is 22.4 Å². The highest BCUT2D eigenvalue weighted by Crippen LogP contribution is 2.38. The zero-order chi connectivity index (χ0) is 15.0. The fraction of sp³-hybridized carbons (Fsp3) is 0.0625. The van der Waals surface area contributed by atoms with Gasteiger partial charge in [-0.15, -0.1) is 0 Å². The number of nitrogen functional groups attached to an aromatic ring is 1. The number of nitrogens with two attached hydrogens (primary N) is 1. The average Bonchev–Trinajstić information content (AvgIpc) is 2.83. The van der Waals surface area contributed by atoms with Gasteiger partial charge in [0.25, 0.3) is 0 Å². The molecule has 0 aliphatic carbocycles. The highest BCUT2D eigenvalue weighted by Gasteiger charge is 2.17. The van der Waals surface area contributed by atoms with Gasteiger partial charge in [-0.1, -0.05) is 55.6 Å². The van der Waals surface area contributed by atoms with Crippen LogP contribution in [-0.2, 0) is 0 Å². The molecular weight excluding hydrogens is 394 g/mol. The number of hydrogen-bond donors (Lipinski definition) is 2. The fourth-order valence-electron chi connectivity index (χ4n) is 2.32. The van der Waals surface area contributed by atoms with E-state index in [9.17, 15) is 0 Å². The highest BCUT2D eigenvalue weighted by atomic mass is 79.9. The molecule has 3 nitrogen and oxygen atoms in total. The van der Waals surface area contributed by atoms with Crippen molar-refractivity contribution in [2.45, 2.75) is 6.92 Å². The van der Waals surface area contributed by atoms with Crippen LogP contribution in [0.25, 0.3) is 22.4 Å². The highest BCUT2D eigenvalue weighted by molar-refractivity contribution is 9.10. The van der Waals surface area contributed by atoms with Crippen LogP contribution in [0.5, 0.6) is 0 Å². The van der Waals surface area contributed by atoms with Crippen LogP contribution in [0.4, 0.5) is 5.82 Å². The maximum atomic E-state index is 6.08. The molecule has 1 aromatic heterocycles. The lowest BCUT2D eigenvalue weighted by Gasteiger charge is -2.08. The maximum Gasteiger partial charge on any atom is 0.153 e. The number of H-pyrrole nitrogens is 1. The Morgan fingerprint density at radius 3 is 2.67 bits per heavy atom. The molecule has 3 N–H and O–H groups in total. The molecule has 106 valence electrons. The molecule has 3 rings (SSSR count). The van der Waals surface area contributed by atoms with E-state index in [0.717, 1.165) is 31.3 Å². The average molecular weight is 407 g/mol. The first kappa shape index (κ1) is 14.4.